The average molecular weight is 1270 g/mol. The van der Waals surface area contributed by atoms with Crippen LogP contribution in [0.5, 0.6) is 0 Å². The molecule has 0 amide bonds. The maximum atomic E-state index is 11.8. The standard InChI is InChI=1S/2C14H16N2O4.2C13H16N2O3.C13H18N2O/c2*1-14(2,3)11-6-8-5-9(16(18)19)7-10(12(8)15-11)13(17)20-4;2*1-13(2,3)11-6-8-4-10(15(17)18)5-9(7-16)12(8)14-11;1-13(2,3)11-6-8-4-10(14)5-9(7-16)12(8)15-11/h2*5-7,15H,1-4H3;2*4-6,14,16H,7H2,1-3H3;4-6,15-16H,7,14H2,1-3H3. The highest BCUT2D eigenvalue weighted by molar-refractivity contribution is 6.05. The molecule has 0 aliphatic carbocycles. The Balaban J connectivity index is 0.000000183. The molecule has 10 rings (SSSR count). The number of nitro groups is 4. The number of carbonyl (C=O) groups is 2. The first-order valence-electron chi connectivity index (χ1n) is 29.2. The second-order valence-electron chi connectivity index (χ2n) is 27.3. The van der Waals surface area contributed by atoms with E-state index in [-0.39, 0.29) is 80.8 Å². The van der Waals surface area contributed by atoms with Gasteiger partial charge in [-0.2, -0.15) is 0 Å². The van der Waals surface area contributed by atoms with E-state index in [1.807, 2.05) is 77.9 Å². The Morgan fingerprint density at radius 3 is 0.815 bits per heavy atom. The lowest BCUT2D eigenvalue weighted by atomic mass is 9.92. The first-order valence-corrected chi connectivity index (χ1v) is 29.2. The third-order valence-electron chi connectivity index (χ3n) is 15.1. The molecule has 0 unspecified atom stereocenters. The second kappa shape index (κ2) is 27.2. The van der Waals surface area contributed by atoms with Gasteiger partial charge in [0.05, 0.1) is 92.4 Å². The number of benzene rings is 5. The molecule has 0 aliphatic rings. The van der Waals surface area contributed by atoms with Gasteiger partial charge in [-0.15, -0.1) is 0 Å². The van der Waals surface area contributed by atoms with Gasteiger partial charge in [0.25, 0.3) is 22.7 Å². The number of non-ortho nitro benzene ring substituents is 4. The van der Waals surface area contributed by atoms with Crippen molar-refractivity contribution in [3.05, 3.63) is 188 Å². The minimum absolute atomic E-state index is 0.00556. The predicted molar refractivity (Wildman–Crippen MR) is 356 cm³/mol. The van der Waals surface area contributed by atoms with Gasteiger partial charge in [0.1, 0.15) is 0 Å². The fourth-order valence-corrected chi connectivity index (χ4v) is 9.76. The molecular weight excluding hydrogens is 1180 g/mol. The van der Waals surface area contributed by atoms with Crippen molar-refractivity contribution >= 4 is 94.9 Å². The molecule has 0 radical (unpaired) electrons. The van der Waals surface area contributed by atoms with Crippen molar-refractivity contribution in [3.63, 3.8) is 0 Å². The molecule has 490 valence electrons. The smallest absolute Gasteiger partial charge is 0.340 e. The number of nitro benzene ring substituents is 4. The van der Waals surface area contributed by atoms with E-state index in [9.17, 15) is 65.4 Å². The minimum atomic E-state index is -0.596. The normalized spacial score (nSPS) is 11.9. The van der Waals surface area contributed by atoms with Crippen molar-refractivity contribution in [2.75, 3.05) is 20.0 Å². The summed E-state index contributed by atoms with van der Waals surface area (Å²) < 4.78 is 9.38. The number of nitrogens with zero attached hydrogens (tertiary/aromatic N) is 4. The number of esters is 2. The average Bonchev–Trinajstić information content (AvgIpc) is 1.65. The van der Waals surface area contributed by atoms with Gasteiger partial charge >= 0.3 is 11.9 Å². The first kappa shape index (κ1) is 71.1. The van der Waals surface area contributed by atoms with Gasteiger partial charge in [-0.1, -0.05) is 104 Å². The second-order valence-corrected chi connectivity index (χ2v) is 27.3. The number of carbonyl (C=O) groups excluding carboxylic acids is 2. The summed E-state index contributed by atoms with van der Waals surface area (Å²) >= 11 is 0. The van der Waals surface area contributed by atoms with Gasteiger partial charge in [-0.25, -0.2) is 9.59 Å². The Morgan fingerprint density at radius 2 is 0.587 bits per heavy atom. The molecule has 10 N–H and O–H groups in total. The number of rotatable bonds is 9. The van der Waals surface area contributed by atoms with E-state index in [2.05, 4.69) is 93.3 Å². The van der Waals surface area contributed by atoms with Crippen molar-refractivity contribution < 1.29 is 54.1 Å². The number of aromatic nitrogens is 5. The monoisotopic (exact) mass is 1270 g/mol. The number of nitrogens with one attached hydrogen (secondary N) is 5. The Hall–Kier alpha value is -9.98. The number of aliphatic hydroxyl groups excluding tert-OH is 3. The number of fused-ring (bicyclic) bond motifs is 5. The number of nitrogens with two attached hydrogens (primary N) is 1. The zero-order valence-corrected chi connectivity index (χ0v) is 54.9. The van der Waals surface area contributed by atoms with E-state index in [0.29, 0.717) is 38.6 Å². The lowest BCUT2D eigenvalue weighted by Crippen LogP contribution is -2.11. The fourth-order valence-electron chi connectivity index (χ4n) is 9.76. The Morgan fingerprint density at radius 1 is 0.370 bits per heavy atom. The van der Waals surface area contributed by atoms with E-state index in [0.717, 1.165) is 66.7 Å². The quantitative estimate of drug-likeness (QED) is 0.0280. The van der Waals surface area contributed by atoms with Crippen molar-refractivity contribution in [1.29, 1.82) is 0 Å². The molecule has 0 atom stereocenters. The number of hydrogen-bond donors (Lipinski definition) is 9. The van der Waals surface area contributed by atoms with Crippen molar-refractivity contribution in [2.45, 2.75) is 151 Å². The Labute approximate surface area is 530 Å². The minimum Gasteiger partial charge on any atom is -0.465 e. The number of aromatic amines is 5. The van der Waals surface area contributed by atoms with Gasteiger partial charge < -0.3 is 55.4 Å². The Kier molecular flexibility index (Phi) is 21.0. The van der Waals surface area contributed by atoms with Crippen LogP contribution in [0, 0.1) is 40.5 Å². The molecule has 25 nitrogen and oxygen atoms in total. The predicted octanol–water partition coefficient (Wildman–Crippen LogP) is 14.6. The van der Waals surface area contributed by atoms with Crippen molar-refractivity contribution in [2.24, 2.45) is 0 Å². The van der Waals surface area contributed by atoms with Gasteiger partial charge in [0, 0.05) is 153 Å². The summed E-state index contributed by atoms with van der Waals surface area (Å²) in [6, 6.07) is 24.6. The molecular formula is C67H82N10O15. The molecule has 0 bridgehead atoms. The SMILES string of the molecule is CC(C)(C)c1cc2cc(N)cc(CO)c2[nH]1.CC(C)(C)c1cc2cc([N+](=O)[O-])cc(CO)c2[nH]1.CC(C)(C)c1cc2cc([N+](=O)[O-])cc(CO)c2[nH]1.COC(=O)c1cc([N+](=O)[O-])cc2cc(C(C)(C)C)[nH]c12.COC(=O)c1cc([N+](=O)[O-])cc2cc(C(C)(C)C)[nH]c12. The van der Waals surface area contributed by atoms with E-state index >= 15 is 0 Å². The summed E-state index contributed by atoms with van der Waals surface area (Å²) in [5.74, 6) is -1.19. The number of methoxy groups -OCH3 is 2. The van der Waals surface area contributed by atoms with Crippen LogP contribution in [0.1, 0.15) is 170 Å². The first-order chi connectivity index (χ1) is 42.5. The highest BCUT2D eigenvalue weighted by atomic mass is 16.6. The number of hydrogen-bond acceptors (Lipinski definition) is 16. The van der Waals surface area contributed by atoms with Gasteiger partial charge in [0.2, 0.25) is 0 Å². The van der Waals surface area contributed by atoms with Crippen molar-refractivity contribution in [3.8, 4) is 0 Å². The summed E-state index contributed by atoms with van der Waals surface area (Å²) in [5, 5.41) is 75.3. The van der Waals surface area contributed by atoms with Crippen LogP contribution in [0.15, 0.2) is 91.0 Å². The van der Waals surface area contributed by atoms with Crippen LogP contribution in [-0.4, -0.2) is 86.1 Å². The van der Waals surface area contributed by atoms with Crippen molar-refractivity contribution in [1.82, 2.24) is 24.9 Å². The summed E-state index contributed by atoms with van der Waals surface area (Å²) in [5.41, 5.74) is 16.8. The van der Waals surface area contributed by atoms with Crippen LogP contribution < -0.4 is 5.73 Å². The maximum Gasteiger partial charge on any atom is 0.340 e. The number of nitrogen functional groups attached to an aromatic ring is 1. The molecule has 10 aromatic rings. The van der Waals surface area contributed by atoms with Crippen LogP contribution >= 0.6 is 0 Å². The molecule has 0 aliphatic heterocycles. The van der Waals surface area contributed by atoms with Gasteiger partial charge in [0.15, 0.2) is 0 Å². The molecule has 0 fully saturated rings. The summed E-state index contributed by atoms with van der Waals surface area (Å²) in [4.78, 5) is 81.4. The largest absolute Gasteiger partial charge is 0.465 e. The van der Waals surface area contributed by atoms with E-state index < -0.39 is 31.6 Å². The molecule has 5 aromatic heterocycles. The van der Waals surface area contributed by atoms with Gasteiger partial charge in [-0.05, 0) is 42.5 Å². The van der Waals surface area contributed by atoms with Gasteiger partial charge in [-0.3, -0.25) is 40.5 Å². The number of anilines is 1. The lowest BCUT2D eigenvalue weighted by Gasteiger charge is -2.15. The van der Waals surface area contributed by atoms with Crippen LogP contribution in [-0.2, 0) is 56.4 Å². The van der Waals surface area contributed by atoms with E-state index in [1.54, 1.807) is 0 Å². The third-order valence-corrected chi connectivity index (χ3v) is 15.1. The molecule has 0 saturated heterocycles. The summed E-state index contributed by atoms with van der Waals surface area (Å²) in [6.45, 7) is 30.5. The molecule has 92 heavy (non-hydrogen) atoms. The maximum absolute atomic E-state index is 11.8. The lowest BCUT2D eigenvalue weighted by molar-refractivity contribution is -0.385. The van der Waals surface area contributed by atoms with Crippen LogP contribution in [0.4, 0.5) is 28.4 Å². The highest BCUT2D eigenvalue weighted by Gasteiger charge is 2.27. The molecule has 25 heteroatoms. The molecule has 0 spiro atoms. The molecule has 5 heterocycles. The third kappa shape index (κ3) is 16.5. The fraction of sp³-hybridized carbons (Fsp3) is 0.373. The molecule has 5 aromatic carbocycles. The topological polar surface area (TPSA) is 391 Å². The highest BCUT2D eigenvalue weighted by Crippen LogP contribution is 2.36. The summed E-state index contributed by atoms with van der Waals surface area (Å²) in [7, 11) is 2.50. The summed E-state index contributed by atoms with van der Waals surface area (Å²) in [6.07, 6.45) is 0. The number of ether oxygens (including phenoxy) is 2. The van der Waals surface area contributed by atoms with E-state index in [1.165, 1.54) is 62.8 Å². The Bertz CT molecular complexity index is 4200. The van der Waals surface area contributed by atoms with Crippen LogP contribution in [0.25, 0.3) is 54.5 Å². The van der Waals surface area contributed by atoms with Crippen LogP contribution in [0.3, 0.4) is 0 Å². The van der Waals surface area contributed by atoms with Crippen LogP contribution in [0.2, 0.25) is 0 Å². The molecule has 0 saturated carbocycles. The zero-order valence-electron chi connectivity index (χ0n) is 54.9. The number of aliphatic hydroxyl groups is 3. The zero-order chi connectivity index (χ0) is 69.1. The number of H-pyrrole nitrogens is 5. The van der Waals surface area contributed by atoms with E-state index in [4.69, 9.17) is 15.2 Å².